The fourth-order valence-corrected chi connectivity index (χ4v) is 2.01. The summed E-state index contributed by atoms with van der Waals surface area (Å²) in [6.07, 6.45) is 1.65. The number of aromatic nitrogens is 1. The number of ether oxygens (including phenoxy) is 1. The lowest BCUT2D eigenvalue weighted by Gasteiger charge is -2.36. The van der Waals surface area contributed by atoms with E-state index in [0.29, 0.717) is 12.4 Å². The van der Waals surface area contributed by atoms with Gasteiger partial charge in [-0.15, -0.1) is 0 Å². The van der Waals surface area contributed by atoms with Crippen LogP contribution in [0.3, 0.4) is 0 Å². The van der Waals surface area contributed by atoms with Gasteiger partial charge in [0.15, 0.2) is 0 Å². The number of carbonyl (C=O) groups excluding carboxylic acids is 2. The van der Waals surface area contributed by atoms with E-state index in [0.717, 1.165) is 5.56 Å². The first-order valence-corrected chi connectivity index (χ1v) is 6.12. The Hall–Kier alpha value is -2.11. The summed E-state index contributed by atoms with van der Waals surface area (Å²) in [5.74, 6) is 0.310. The zero-order valence-corrected chi connectivity index (χ0v) is 11.2. The molecule has 6 heteroatoms. The fourth-order valence-electron chi connectivity index (χ4n) is 2.01. The standard InChI is InChI=1S/C13H17N3O3/c1-8-13(18)16(9(2)12(17)15-8)7-10-4-5-11(19-3)14-6-10/h4-6,8-9H,7H2,1-3H3,(H,15,17). The molecule has 0 radical (unpaired) electrons. The lowest BCUT2D eigenvalue weighted by molar-refractivity contribution is -0.148. The Morgan fingerprint density at radius 1 is 1.37 bits per heavy atom. The third-order valence-corrected chi connectivity index (χ3v) is 3.22. The van der Waals surface area contributed by atoms with E-state index in [4.69, 9.17) is 4.74 Å². The van der Waals surface area contributed by atoms with Gasteiger partial charge in [-0.05, 0) is 19.4 Å². The van der Waals surface area contributed by atoms with Crippen LogP contribution in [0.5, 0.6) is 5.88 Å². The average molecular weight is 263 g/mol. The molecule has 1 aliphatic rings. The Bertz CT molecular complexity index is 486. The molecule has 2 unspecified atom stereocenters. The fraction of sp³-hybridized carbons (Fsp3) is 0.462. The number of hydrogen-bond acceptors (Lipinski definition) is 4. The molecule has 6 nitrogen and oxygen atoms in total. The Labute approximate surface area is 111 Å². The van der Waals surface area contributed by atoms with Gasteiger partial charge in [-0.2, -0.15) is 0 Å². The van der Waals surface area contributed by atoms with Gasteiger partial charge in [0.25, 0.3) is 0 Å². The summed E-state index contributed by atoms with van der Waals surface area (Å²) >= 11 is 0. The Morgan fingerprint density at radius 2 is 2.11 bits per heavy atom. The highest BCUT2D eigenvalue weighted by Gasteiger charge is 2.35. The summed E-state index contributed by atoms with van der Waals surface area (Å²) in [5.41, 5.74) is 0.864. The van der Waals surface area contributed by atoms with Crippen LogP contribution >= 0.6 is 0 Å². The molecule has 2 rings (SSSR count). The van der Waals surface area contributed by atoms with Crippen molar-refractivity contribution in [3.8, 4) is 5.88 Å². The lowest BCUT2D eigenvalue weighted by Crippen LogP contribution is -2.60. The predicted octanol–water partition coefficient (Wildman–Crippen LogP) is 0.326. The Kier molecular flexibility index (Phi) is 3.69. The van der Waals surface area contributed by atoms with Gasteiger partial charge in [0.2, 0.25) is 17.7 Å². The van der Waals surface area contributed by atoms with Crippen molar-refractivity contribution in [1.82, 2.24) is 15.2 Å². The second kappa shape index (κ2) is 5.26. The highest BCUT2D eigenvalue weighted by atomic mass is 16.5. The third-order valence-electron chi connectivity index (χ3n) is 3.22. The molecule has 1 aromatic heterocycles. The van der Waals surface area contributed by atoms with Crippen LogP contribution in [-0.2, 0) is 16.1 Å². The summed E-state index contributed by atoms with van der Waals surface area (Å²) in [6, 6.07) is 2.63. The van der Waals surface area contributed by atoms with Crippen LogP contribution in [-0.4, -0.2) is 40.9 Å². The molecule has 1 aromatic rings. The summed E-state index contributed by atoms with van der Waals surface area (Å²) in [4.78, 5) is 29.4. The zero-order chi connectivity index (χ0) is 14.0. The number of amides is 2. The largest absolute Gasteiger partial charge is 0.481 e. The molecule has 1 fully saturated rings. The van der Waals surface area contributed by atoms with Crippen molar-refractivity contribution in [2.24, 2.45) is 0 Å². The van der Waals surface area contributed by atoms with E-state index in [1.165, 1.54) is 0 Å². The number of rotatable bonds is 3. The van der Waals surface area contributed by atoms with Crippen molar-refractivity contribution in [2.75, 3.05) is 7.11 Å². The van der Waals surface area contributed by atoms with Crippen molar-refractivity contribution in [2.45, 2.75) is 32.5 Å². The van der Waals surface area contributed by atoms with Gasteiger partial charge in [0.05, 0.1) is 7.11 Å². The Morgan fingerprint density at radius 3 is 2.68 bits per heavy atom. The summed E-state index contributed by atoms with van der Waals surface area (Å²) in [7, 11) is 1.55. The number of carbonyl (C=O) groups is 2. The van der Waals surface area contributed by atoms with Crippen LogP contribution in [0.1, 0.15) is 19.4 Å². The number of nitrogens with zero attached hydrogens (tertiary/aromatic N) is 2. The number of hydrogen-bond donors (Lipinski definition) is 1. The van der Waals surface area contributed by atoms with Gasteiger partial charge in [0, 0.05) is 18.8 Å². The molecular weight excluding hydrogens is 246 g/mol. The maximum Gasteiger partial charge on any atom is 0.245 e. The topological polar surface area (TPSA) is 71.5 Å². The first kappa shape index (κ1) is 13.3. The van der Waals surface area contributed by atoms with Crippen LogP contribution in [0.4, 0.5) is 0 Å². The minimum Gasteiger partial charge on any atom is -0.481 e. The SMILES string of the molecule is COc1ccc(CN2C(=O)C(C)NC(=O)C2C)cn1. The molecule has 0 aliphatic carbocycles. The molecule has 0 aromatic carbocycles. The number of piperazine rings is 1. The number of nitrogens with one attached hydrogen (secondary N) is 1. The van der Waals surface area contributed by atoms with E-state index < -0.39 is 12.1 Å². The second-order valence-electron chi connectivity index (χ2n) is 4.58. The van der Waals surface area contributed by atoms with E-state index >= 15 is 0 Å². The molecular formula is C13H17N3O3. The molecule has 1 saturated heterocycles. The molecule has 0 saturated carbocycles. The lowest BCUT2D eigenvalue weighted by atomic mass is 10.1. The minimum atomic E-state index is -0.477. The maximum absolute atomic E-state index is 12.1. The highest BCUT2D eigenvalue weighted by molar-refractivity contribution is 5.96. The van der Waals surface area contributed by atoms with Gasteiger partial charge in [-0.3, -0.25) is 9.59 Å². The molecule has 1 N–H and O–H groups in total. The van der Waals surface area contributed by atoms with Crippen molar-refractivity contribution in [1.29, 1.82) is 0 Å². The Balaban J connectivity index is 2.15. The quantitative estimate of drug-likeness (QED) is 0.853. The average Bonchev–Trinajstić information content (AvgIpc) is 2.42. The van der Waals surface area contributed by atoms with Crippen LogP contribution in [0.15, 0.2) is 18.3 Å². The van der Waals surface area contributed by atoms with E-state index in [-0.39, 0.29) is 11.8 Å². The summed E-state index contributed by atoms with van der Waals surface area (Å²) in [6.45, 7) is 3.77. The number of methoxy groups -OCH3 is 1. The summed E-state index contributed by atoms with van der Waals surface area (Å²) < 4.78 is 4.98. The first-order valence-electron chi connectivity index (χ1n) is 6.12. The van der Waals surface area contributed by atoms with Crippen LogP contribution in [0.25, 0.3) is 0 Å². The van der Waals surface area contributed by atoms with Gasteiger partial charge in [-0.1, -0.05) is 6.07 Å². The molecule has 0 bridgehead atoms. The van der Waals surface area contributed by atoms with Crippen molar-refractivity contribution < 1.29 is 14.3 Å². The van der Waals surface area contributed by atoms with E-state index in [9.17, 15) is 9.59 Å². The summed E-state index contributed by atoms with van der Waals surface area (Å²) in [5, 5.41) is 2.65. The zero-order valence-electron chi connectivity index (χ0n) is 11.2. The first-order chi connectivity index (χ1) is 9.02. The molecule has 19 heavy (non-hydrogen) atoms. The van der Waals surface area contributed by atoms with Gasteiger partial charge >= 0.3 is 0 Å². The molecule has 0 spiro atoms. The predicted molar refractivity (Wildman–Crippen MR) is 68.4 cm³/mol. The molecule has 2 amide bonds. The van der Waals surface area contributed by atoms with Crippen molar-refractivity contribution >= 4 is 11.8 Å². The molecule has 2 heterocycles. The van der Waals surface area contributed by atoms with Crippen molar-refractivity contribution in [3.05, 3.63) is 23.9 Å². The molecule has 102 valence electrons. The third kappa shape index (κ3) is 2.67. The normalized spacial score (nSPS) is 23.2. The molecule has 2 atom stereocenters. The van der Waals surface area contributed by atoms with Gasteiger partial charge in [0.1, 0.15) is 12.1 Å². The van der Waals surface area contributed by atoms with Crippen LogP contribution in [0, 0.1) is 0 Å². The van der Waals surface area contributed by atoms with E-state index in [1.54, 1.807) is 38.1 Å². The van der Waals surface area contributed by atoms with Gasteiger partial charge in [-0.25, -0.2) is 4.98 Å². The second-order valence-corrected chi connectivity index (χ2v) is 4.58. The van der Waals surface area contributed by atoms with Crippen LogP contribution in [0.2, 0.25) is 0 Å². The monoisotopic (exact) mass is 263 g/mol. The molecule has 1 aliphatic heterocycles. The van der Waals surface area contributed by atoms with Crippen molar-refractivity contribution in [3.63, 3.8) is 0 Å². The number of pyridine rings is 1. The highest BCUT2D eigenvalue weighted by Crippen LogP contribution is 2.15. The van der Waals surface area contributed by atoms with E-state index in [1.807, 2.05) is 6.07 Å². The minimum absolute atomic E-state index is 0.0806. The van der Waals surface area contributed by atoms with Gasteiger partial charge < -0.3 is 15.0 Å². The van der Waals surface area contributed by atoms with Crippen LogP contribution < -0.4 is 10.1 Å². The smallest absolute Gasteiger partial charge is 0.245 e. The van der Waals surface area contributed by atoms with E-state index in [2.05, 4.69) is 10.3 Å². The maximum atomic E-state index is 12.1.